The monoisotopic (exact) mass is 259 g/mol. The molecular formula is C10H10FNO4S. The third-order valence-corrected chi connectivity index (χ3v) is 2.88. The van der Waals surface area contributed by atoms with E-state index in [0.717, 1.165) is 17.8 Å². The first-order valence-corrected chi connectivity index (χ1v) is 5.58. The number of benzene rings is 1. The van der Waals surface area contributed by atoms with E-state index in [2.05, 4.69) is 0 Å². The van der Waals surface area contributed by atoms with Crippen molar-refractivity contribution in [3.05, 3.63) is 33.6 Å². The second kappa shape index (κ2) is 5.13. The highest BCUT2D eigenvalue weighted by Gasteiger charge is 2.23. The van der Waals surface area contributed by atoms with Gasteiger partial charge in [0.05, 0.1) is 11.0 Å². The molecule has 1 N–H and O–H groups in total. The van der Waals surface area contributed by atoms with Crippen molar-refractivity contribution in [3.8, 4) is 0 Å². The summed E-state index contributed by atoms with van der Waals surface area (Å²) < 4.78 is 13.5. The number of thioether (sulfide) groups is 1. The van der Waals surface area contributed by atoms with Crippen LogP contribution in [0.15, 0.2) is 17.0 Å². The summed E-state index contributed by atoms with van der Waals surface area (Å²) in [7, 11) is 0. The van der Waals surface area contributed by atoms with Gasteiger partial charge < -0.3 is 5.11 Å². The average Bonchev–Trinajstić information content (AvgIpc) is 2.19. The van der Waals surface area contributed by atoms with Crippen molar-refractivity contribution in [1.29, 1.82) is 0 Å². The average molecular weight is 259 g/mol. The summed E-state index contributed by atoms with van der Waals surface area (Å²) >= 11 is 1.12. The number of halogens is 1. The number of nitro benzene ring substituents is 1. The van der Waals surface area contributed by atoms with Crippen molar-refractivity contribution < 1.29 is 19.2 Å². The molecule has 0 unspecified atom stereocenters. The van der Waals surface area contributed by atoms with Crippen LogP contribution in [0.25, 0.3) is 0 Å². The zero-order valence-electron chi connectivity index (χ0n) is 9.14. The van der Waals surface area contributed by atoms with E-state index in [0.29, 0.717) is 6.07 Å². The highest BCUT2D eigenvalue weighted by Crippen LogP contribution is 2.31. The van der Waals surface area contributed by atoms with E-state index in [4.69, 9.17) is 5.11 Å². The molecule has 0 heterocycles. The van der Waals surface area contributed by atoms with Crippen LogP contribution in [0, 0.1) is 15.9 Å². The standard InChI is InChI=1S/C10H10FNO4S/c1-5(2)17-9-3-6(10(13)14)8(12(15)16)4-7(9)11/h3-5H,1-2H3,(H,13,14). The summed E-state index contributed by atoms with van der Waals surface area (Å²) in [5, 5.41) is 19.5. The number of aromatic carboxylic acids is 1. The number of nitrogens with zero attached hydrogens (tertiary/aromatic N) is 1. The van der Waals surface area contributed by atoms with Gasteiger partial charge in [0.25, 0.3) is 5.69 Å². The Bertz CT molecular complexity index is 476. The SMILES string of the molecule is CC(C)Sc1cc(C(=O)O)c([N+](=O)[O-])cc1F. The largest absolute Gasteiger partial charge is 0.477 e. The predicted octanol–water partition coefficient (Wildman–Crippen LogP) is 2.93. The minimum absolute atomic E-state index is 0.0487. The van der Waals surface area contributed by atoms with Gasteiger partial charge in [-0.2, -0.15) is 0 Å². The quantitative estimate of drug-likeness (QED) is 0.510. The van der Waals surface area contributed by atoms with Gasteiger partial charge in [-0.15, -0.1) is 11.8 Å². The Morgan fingerprint density at radius 3 is 2.53 bits per heavy atom. The summed E-state index contributed by atoms with van der Waals surface area (Å²) in [5.41, 5.74) is -1.23. The van der Waals surface area contributed by atoms with E-state index >= 15 is 0 Å². The molecule has 0 spiro atoms. The van der Waals surface area contributed by atoms with Crippen LogP contribution >= 0.6 is 11.8 Å². The summed E-state index contributed by atoms with van der Waals surface area (Å²) in [4.78, 5) is 20.6. The van der Waals surface area contributed by atoms with Crippen molar-refractivity contribution >= 4 is 23.4 Å². The number of hydrogen-bond acceptors (Lipinski definition) is 4. The van der Waals surface area contributed by atoms with Crippen LogP contribution in [0.4, 0.5) is 10.1 Å². The Morgan fingerprint density at radius 2 is 2.12 bits per heavy atom. The van der Waals surface area contributed by atoms with E-state index in [9.17, 15) is 19.3 Å². The molecule has 0 atom stereocenters. The Kier molecular flexibility index (Phi) is 4.06. The lowest BCUT2D eigenvalue weighted by Gasteiger charge is -2.07. The molecule has 17 heavy (non-hydrogen) atoms. The second-order valence-electron chi connectivity index (χ2n) is 3.53. The molecule has 0 aliphatic heterocycles. The van der Waals surface area contributed by atoms with E-state index in [1.807, 2.05) is 13.8 Å². The van der Waals surface area contributed by atoms with Crippen molar-refractivity contribution in [2.45, 2.75) is 24.0 Å². The van der Waals surface area contributed by atoms with Crippen LogP contribution in [0.3, 0.4) is 0 Å². The number of rotatable bonds is 4. The molecule has 5 nitrogen and oxygen atoms in total. The molecule has 0 aliphatic rings. The molecule has 0 fully saturated rings. The summed E-state index contributed by atoms with van der Waals surface area (Å²) in [6, 6.07) is 1.65. The van der Waals surface area contributed by atoms with Crippen LogP contribution in [-0.4, -0.2) is 21.2 Å². The van der Waals surface area contributed by atoms with Gasteiger partial charge in [-0.3, -0.25) is 10.1 Å². The molecular weight excluding hydrogens is 249 g/mol. The van der Waals surface area contributed by atoms with Crippen LogP contribution in [0.1, 0.15) is 24.2 Å². The third-order valence-electron chi connectivity index (χ3n) is 1.84. The Morgan fingerprint density at radius 1 is 1.53 bits per heavy atom. The lowest BCUT2D eigenvalue weighted by Crippen LogP contribution is -2.04. The number of carbonyl (C=O) groups is 1. The lowest BCUT2D eigenvalue weighted by molar-refractivity contribution is -0.385. The fraction of sp³-hybridized carbons (Fsp3) is 0.300. The Labute approximate surface area is 101 Å². The molecule has 1 aromatic carbocycles. The first-order chi connectivity index (χ1) is 7.82. The van der Waals surface area contributed by atoms with Crippen molar-refractivity contribution in [1.82, 2.24) is 0 Å². The molecule has 7 heteroatoms. The van der Waals surface area contributed by atoms with Gasteiger partial charge in [0.1, 0.15) is 11.4 Å². The first-order valence-electron chi connectivity index (χ1n) is 4.70. The van der Waals surface area contributed by atoms with Crippen molar-refractivity contribution in [3.63, 3.8) is 0 Å². The fourth-order valence-electron chi connectivity index (χ4n) is 1.21. The molecule has 0 aromatic heterocycles. The van der Waals surface area contributed by atoms with Crippen molar-refractivity contribution in [2.75, 3.05) is 0 Å². The van der Waals surface area contributed by atoms with Gasteiger partial charge >= 0.3 is 5.97 Å². The Hall–Kier alpha value is -1.63. The minimum atomic E-state index is -1.44. The zero-order chi connectivity index (χ0) is 13.2. The summed E-state index contributed by atoms with van der Waals surface area (Å²) in [6.07, 6.45) is 0. The fourth-order valence-corrected chi connectivity index (χ4v) is 2.07. The van der Waals surface area contributed by atoms with Crippen molar-refractivity contribution in [2.24, 2.45) is 0 Å². The maximum absolute atomic E-state index is 13.5. The molecule has 1 rings (SSSR count). The maximum atomic E-state index is 13.5. The normalized spacial score (nSPS) is 10.6. The highest BCUT2D eigenvalue weighted by atomic mass is 32.2. The van der Waals surface area contributed by atoms with E-state index in [-0.39, 0.29) is 10.1 Å². The summed E-state index contributed by atoms with van der Waals surface area (Å²) in [6.45, 7) is 3.62. The zero-order valence-corrected chi connectivity index (χ0v) is 9.95. The maximum Gasteiger partial charge on any atom is 0.342 e. The van der Waals surface area contributed by atoms with Gasteiger partial charge in [-0.25, -0.2) is 9.18 Å². The van der Waals surface area contributed by atoms with Gasteiger partial charge in [-0.05, 0) is 6.07 Å². The minimum Gasteiger partial charge on any atom is -0.477 e. The van der Waals surface area contributed by atoms with E-state index in [1.165, 1.54) is 0 Å². The molecule has 0 saturated heterocycles. The number of carboxylic acids is 1. The van der Waals surface area contributed by atoms with Gasteiger partial charge in [0, 0.05) is 10.1 Å². The Balaban J connectivity index is 3.34. The van der Waals surface area contributed by atoms with E-state index in [1.54, 1.807) is 0 Å². The van der Waals surface area contributed by atoms with Gasteiger partial charge in [0.15, 0.2) is 0 Å². The molecule has 92 valence electrons. The topological polar surface area (TPSA) is 80.4 Å². The van der Waals surface area contributed by atoms with Crippen LogP contribution in [0.5, 0.6) is 0 Å². The molecule has 0 bridgehead atoms. The molecule has 0 aliphatic carbocycles. The van der Waals surface area contributed by atoms with Gasteiger partial charge in [-0.1, -0.05) is 13.8 Å². The molecule has 1 aromatic rings. The lowest BCUT2D eigenvalue weighted by atomic mass is 10.2. The number of nitro groups is 1. The third kappa shape index (κ3) is 3.16. The number of carboxylic acid groups (broad SMARTS) is 1. The van der Waals surface area contributed by atoms with Gasteiger partial charge in [0.2, 0.25) is 0 Å². The predicted molar refractivity (Wildman–Crippen MR) is 61.0 cm³/mol. The summed E-state index contributed by atoms with van der Waals surface area (Å²) in [5.74, 6) is -2.22. The van der Waals surface area contributed by atoms with Crippen LogP contribution in [-0.2, 0) is 0 Å². The second-order valence-corrected chi connectivity index (χ2v) is 5.15. The molecule has 0 radical (unpaired) electrons. The van der Waals surface area contributed by atoms with E-state index < -0.39 is 28.0 Å². The molecule has 0 saturated carbocycles. The molecule has 0 amide bonds. The number of hydrogen-bond donors (Lipinski definition) is 1. The smallest absolute Gasteiger partial charge is 0.342 e. The first kappa shape index (κ1) is 13.4. The van der Waals surface area contributed by atoms with Crippen LogP contribution in [0.2, 0.25) is 0 Å². The highest BCUT2D eigenvalue weighted by molar-refractivity contribution is 7.99. The van der Waals surface area contributed by atoms with Crippen LogP contribution < -0.4 is 0 Å².